The molecule has 0 bridgehead atoms. The van der Waals surface area contributed by atoms with Gasteiger partial charge in [-0.1, -0.05) is 106 Å². The highest BCUT2D eigenvalue weighted by Gasteiger charge is 2.42. The largest absolute Gasteiger partial charge is 0.394 e. The number of nitrogens with zero attached hydrogens (tertiary/aromatic N) is 1. The Labute approximate surface area is 519 Å². The molecule has 31 nitrogen and oxygen atoms in total. The van der Waals surface area contributed by atoms with Gasteiger partial charge >= 0.3 is 0 Å². The number of aliphatic hydroxyl groups is 4. The number of hydrogen-bond acceptors (Lipinski definition) is 18. The molecule has 0 aromatic heterocycles. The summed E-state index contributed by atoms with van der Waals surface area (Å²) in [6.07, 6.45) is -7.22. The monoisotopic (exact) mass is 1260 g/mol. The van der Waals surface area contributed by atoms with Gasteiger partial charge in [-0.05, 0) is 74.2 Å². The van der Waals surface area contributed by atoms with Gasteiger partial charge in [-0.15, -0.1) is 0 Å². The van der Waals surface area contributed by atoms with Crippen LogP contribution in [0, 0.1) is 29.6 Å². The predicted molar refractivity (Wildman–Crippen MR) is 326 cm³/mol. The molecule has 11 amide bonds. The van der Waals surface area contributed by atoms with Crippen LogP contribution < -0.4 is 76.1 Å². The van der Waals surface area contributed by atoms with Crippen LogP contribution in [-0.2, 0) is 57.5 Å². The van der Waals surface area contributed by atoms with Gasteiger partial charge in [-0.25, -0.2) is 0 Å². The lowest BCUT2D eigenvalue weighted by Crippen LogP contribution is -2.64. The van der Waals surface area contributed by atoms with E-state index < -0.39 is 181 Å². The number of nitrogens with two attached hydrogens (primary N) is 4. The molecule has 1 fully saturated rings. The quantitative estimate of drug-likeness (QED) is 0.0277. The third-order valence-electron chi connectivity index (χ3n) is 14.5. The molecule has 1 aromatic carbocycles. The second kappa shape index (κ2) is 38.1. The molecule has 1 saturated heterocycles. The molecule has 89 heavy (non-hydrogen) atoms. The second-order valence-electron chi connectivity index (χ2n) is 24.1. The van der Waals surface area contributed by atoms with E-state index in [1.54, 1.807) is 59.7 Å². The zero-order valence-corrected chi connectivity index (χ0v) is 52.9. The van der Waals surface area contributed by atoms with Crippen LogP contribution in [0.25, 0.3) is 0 Å². The molecule has 22 N–H and O–H groups in total. The summed E-state index contributed by atoms with van der Waals surface area (Å²) in [7, 11) is 0. The van der Waals surface area contributed by atoms with E-state index in [1.807, 2.05) is 13.8 Å². The number of carbonyl (C=O) groups excluding carboxylic acids is 11. The Hall–Kier alpha value is -7.58. The number of primary amides is 1. The molecule has 0 saturated carbocycles. The Morgan fingerprint density at radius 1 is 0.663 bits per heavy atom. The van der Waals surface area contributed by atoms with Crippen molar-refractivity contribution in [3.05, 3.63) is 35.9 Å². The number of aliphatic hydroxyl groups excluding tert-OH is 4. The first kappa shape index (κ1) is 77.5. The van der Waals surface area contributed by atoms with E-state index in [1.165, 1.54) is 26.0 Å². The van der Waals surface area contributed by atoms with Crippen molar-refractivity contribution in [3.63, 3.8) is 0 Å². The molecule has 502 valence electrons. The second-order valence-corrected chi connectivity index (χ2v) is 24.1. The van der Waals surface area contributed by atoms with Gasteiger partial charge in [-0.3, -0.25) is 57.7 Å². The molecule has 31 heteroatoms. The van der Waals surface area contributed by atoms with Crippen molar-refractivity contribution < 1.29 is 77.9 Å². The highest BCUT2D eigenvalue weighted by Crippen LogP contribution is 2.24. The van der Waals surface area contributed by atoms with Crippen molar-refractivity contribution in [1.29, 1.82) is 0 Å². The maximum atomic E-state index is 15.3. The fourth-order valence-corrected chi connectivity index (χ4v) is 9.31. The van der Waals surface area contributed by atoms with Crippen LogP contribution in [0.1, 0.15) is 126 Å². The zero-order chi connectivity index (χ0) is 67.6. The predicted octanol–water partition coefficient (Wildman–Crippen LogP) is -4.96. The van der Waals surface area contributed by atoms with Crippen molar-refractivity contribution in [2.75, 3.05) is 26.3 Å². The molecule has 0 aliphatic carbocycles. The maximum Gasteiger partial charge on any atom is 0.248 e. The summed E-state index contributed by atoms with van der Waals surface area (Å²) < 4.78 is 6.35. The summed E-state index contributed by atoms with van der Waals surface area (Å²) in [6, 6.07) is -8.69. The standard InChI is InChI=1S/C58H99N15O16/c1-12-31(10)40-54(85)71-41(32(11)75)53(84)64-24-39(76)69-43(46(78)48(60)79)55(86)65-34(25-74)26-89-47(33-17-14-13-15-18-33)44(73-52(83)38(23-29(6)7)67-49(80)35(59)21-27(2)3)57(88)72-42(45(77)30(8)9)56(87)68-37(22-28(4)5)51(82)66-36(50(81)70-40)19-16-20-63-58(61)62/h13-15,17-18,27-32,34-38,40-47,74-75,77-78H,12,16,19-26,59H2,1-11H3,(H2,60,79)(H,64,84)(H,65,86)(H,66,82)(H,67,80)(H,68,87)(H,69,76)(H,70,81)(H,71,85)(H,72,88)(H,73,83)(H4,61,62,63)/t31-,32-,34-,35+,36+,37-,38?,40-,41-,42-,43-,44-,45+,46-,47+/m0/s1. The number of hydrogen-bond donors (Lipinski definition) is 18. The Bertz CT molecular complexity index is 2550. The van der Waals surface area contributed by atoms with Crippen LogP contribution in [0.5, 0.6) is 0 Å². The zero-order valence-electron chi connectivity index (χ0n) is 52.9. The summed E-state index contributed by atoms with van der Waals surface area (Å²) in [4.78, 5) is 159. The number of benzene rings is 1. The highest BCUT2D eigenvalue weighted by molar-refractivity contribution is 5.99. The molecule has 0 radical (unpaired) electrons. The van der Waals surface area contributed by atoms with Gasteiger partial charge in [0.15, 0.2) is 12.1 Å². The van der Waals surface area contributed by atoms with Crippen LogP contribution in [0.2, 0.25) is 0 Å². The smallest absolute Gasteiger partial charge is 0.248 e. The molecule has 1 unspecified atom stereocenters. The van der Waals surface area contributed by atoms with Gasteiger partial charge in [0.25, 0.3) is 0 Å². The number of rotatable bonds is 23. The number of nitrogens with one attached hydrogen (secondary N) is 10. The van der Waals surface area contributed by atoms with Gasteiger partial charge in [-0.2, -0.15) is 0 Å². The first-order chi connectivity index (χ1) is 41.6. The fourth-order valence-electron chi connectivity index (χ4n) is 9.31. The first-order valence-corrected chi connectivity index (χ1v) is 30.1. The van der Waals surface area contributed by atoms with Gasteiger partial charge in [0.05, 0.1) is 44.1 Å². The maximum absolute atomic E-state index is 15.3. The third-order valence-corrected chi connectivity index (χ3v) is 14.5. The normalized spacial score (nSPS) is 24.9. The minimum Gasteiger partial charge on any atom is -0.394 e. The molecule has 0 spiro atoms. The van der Waals surface area contributed by atoms with Gasteiger partial charge in [0.2, 0.25) is 65.0 Å². The minimum atomic E-state index is -2.45. The Kier molecular flexibility index (Phi) is 33.2. The summed E-state index contributed by atoms with van der Waals surface area (Å²) in [5, 5.41) is 69.0. The number of amides is 11. The minimum absolute atomic E-state index is 0.00234. The SMILES string of the molecule is CC[C@H](C)[C@@H]1NC(=O)[C@@H](CCCN=C(N)N)NC(=O)[C@H](CC(C)C)NC(=O)[C@H]([C@H](O)C(C)C)NC(=O)[C@@H](NC(=O)C(CC(C)C)NC(=O)[C@H](N)CC(C)C)[C@@H](c2ccccc2)OC[C@H](CO)NC(=O)[C@H]([C@H](O)C(N)=O)NC(=O)CNC(=O)[C@H]([C@H](C)O)NC1=O. The van der Waals surface area contributed by atoms with Crippen LogP contribution in [-0.4, -0.2) is 196 Å². The Morgan fingerprint density at radius 2 is 1.22 bits per heavy atom. The summed E-state index contributed by atoms with van der Waals surface area (Å²) in [6.45, 7) is 15.4. The van der Waals surface area contributed by atoms with Crippen LogP contribution in [0.4, 0.5) is 0 Å². The number of carbonyl (C=O) groups is 11. The van der Waals surface area contributed by atoms with Crippen molar-refractivity contribution in [2.45, 2.75) is 200 Å². The number of aliphatic imine (C=N–C) groups is 1. The van der Waals surface area contributed by atoms with E-state index in [0.29, 0.717) is 0 Å². The lowest BCUT2D eigenvalue weighted by Gasteiger charge is -2.34. The van der Waals surface area contributed by atoms with Gasteiger partial charge in [0.1, 0.15) is 54.4 Å². The lowest BCUT2D eigenvalue weighted by atomic mass is 9.95. The van der Waals surface area contributed by atoms with E-state index in [4.69, 9.17) is 27.7 Å². The molecule has 1 aliphatic heterocycles. The van der Waals surface area contributed by atoms with Crippen molar-refractivity contribution in [3.8, 4) is 0 Å². The highest BCUT2D eigenvalue weighted by atomic mass is 16.5. The molecule has 15 atom stereocenters. The fraction of sp³-hybridized carbons (Fsp3) is 0.690. The molecule has 1 heterocycles. The van der Waals surface area contributed by atoms with E-state index >= 15 is 4.79 Å². The van der Waals surface area contributed by atoms with Crippen molar-refractivity contribution in [1.82, 2.24) is 53.2 Å². The van der Waals surface area contributed by atoms with E-state index in [0.717, 1.165) is 6.92 Å². The Balaban J connectivity index is 3.09. The van der Waals surface area contributed by atoms with Crippen molar-refractivity contribution in [2.24, 2.45) is 57.5 Å². The topological polar surface area (TPSA) is 515 Å². The van der Waals surface area contributed by atoms with Crippen LogP contribution in [0.15, 0.2) is 35.3 Å². The average molecular weight is 1260 g/mol. The summed E-state index contributed by atoms with van der Waals surface area (Å²) in [5.41, 5.74) is 22.9. The Morgan fingerprint density at radius 3 is 1.76 bits per heavy atom. The van der Waals surface area contributed by atoms with Gasteiger partial charge in [0, 0.05) is 6.54 Å². The summed E-state index contributed by atoms with van der Waals surface area (Å²) >= 11 is 0. The van der Waals surface area contributed by atoms with Crippen molar-refractivity contribution >= 4 is 70.9 Å². The third kappa shape index (κ3) is 26.2. The van der Waals surface area contributed by atoms with Gasteiger partial charge < -0.3 is 101 Å². The molecule has 1 aliphatic rings. The summed E-state index contributed by atoms with van der Waals surface area (Å²) in [5.74, 6) is -14.5. The van der Waals surface area contributed by atoms with E-state index in [9.17, 15) is 68.4 Å². The van der Waals surface area contributed by atoms with Crippen LogP contribution in [0.3, 0.4) is 0 Å². The first-order valence-electron chi connectivity index (χ1n) is 30.1. The van der Waals surface area contributed by atoms with E-state index in [-0.39, 0.29) is 74.3 Å². The molecular weight excluding hydrogens is 1160 g/mol. The average Bonchev–Trinajstić information content (AvgIpc) is 1.64. The van der Waals surface area contributed by atoms with E-state index in [2.05, 4.69) is 58.2 Å². The number of guanidine groups is 1. The van der Waals surface area contributed by atoms with Crippen LogP contribution >= 0.6 is 0 Å². The molecule has 2 rings (SSSR count). The lowest BCUT2D eigenvalue weighted by molar-refractivity contribution is -0.141. The molecular formula is C58H99N15O16. The molecule has 1 aromatic rings. The number of ether oxygens (including phenoxy) is 1.